The monoisotopic (exact) mass is 417 g/mol. The lowest BCUT2D eigenvalue weighted by Gasteiger charge is -2.19. The molecule has 0 bridgehead atoms. The fraction of sp³-hybridized carbons (Fsp3) is 0.125. The van der Waals surface area contributed by atoms with Crippen LogP contribution in [0.4, 0.5) is 11.4 Å². The molecule has 158 valence electrons. The summed E-state index contributed by atoms with van der Waals surface area (Å²) in [4.78, 5) is 39.1. The summed E-state index contributed by atoms with van der Waals surface area (Å²) < 4.78 is 5.14. The molecule has 3 aromatic rings. The number of carbonyl (C=O) groups is 3. The van der Waals surface area contributed by atoms with Crippen molar-refractivity contribution in [3.05, 3.63) is 90.0 Å². The second-order valence-corrected chi connectivity index (χ2v) is 6.81. The molecule has 0 spiro atoms. The third-order valence-electron chi connectivity index (χ3n) is 4.52. The lowest BCUT2D eigenvalue weighted by atomic mass is 10.1. The Balaban J connectivity index is 1.67. The van der Waals surface area contributed by atoms with E-state index in [1.165, 1.54) is 11.9 Å². The highest BCUT2D eigenvalue weighted by Gasteiger charge is 2.19. The van der Waals surface area contributed by atoms with Crippen LogP contribution in [0.3, 0.4) is 0 Å². The molecule has 3 rings (SSSR count). The Kier molecular flexibility index (Phi) is 7.01. The van der Waals surface area contributed by atoms with Crippen LogP contribution < -0.4 is 15.4 Å². The van der Waals surface area contributed by atoms with E-state index in [2.05, 4.69) is 10.6 Å². The maximum absolute atomic E-state index is 12.9. The van der Waals surface area contributed by atoms with Gasteiger partial charge in [-0.2, -0.15) is 0 Å². The number of anilines is 2. The van der Waals surface area contributed by atoms with Gasteiger partial charge in [-0.05, 0) is 36.4 Å². The third kappa shape index (κ3) is 5.70. The number of rotatable bonds is 7. The van der Waals surface area contributed by atoms with E-state index in [9.17, 15) is 14.4 Å². The smallest absolute Gasteiger partial charge is 0.256 e. The van der Waals surface area contributed by atoms with Gasteiger partial charge < -0.3 is 20.3 Å². The molecular formula is C24H23N3O4. The van der Waals surface area contributed by atoms with Crippen LogP contribution in [0.15, 0.2) is 78.9 Å². The van der Waals surface area contributed by atoms with Gasteiger partial charge in [0.05, 0.1) is 24.9 Å². The number of nitrogens with zero attached hydrogens (tertiary/aromatic N) is 1. The van der Waals surface area contributed by atoms with Crippen LogP contribution in [-0.4, -0.2) is 43.3 Å². The average molecular weight is 417 g/mol. The number of carbonyl (C=O) groups excluding carboxylic acids is 3. The zero-order valence-electron chi connectivity index (χ0n) is 17.3. The normalized spacial score (nSPS) is 10.1. The van der Waals surface area contributed by atoms with E-state index in [-0.39, 0.29) is 24.3 Å². The molecule has 0 unspecified atom stereocenters. The maximum atomic E-state index is 12.9. The number of ether oxygens (including phenoxy) is 1. The van der Waals surface area contributed by atoms with Gasteiger partial charge in [0, 0.05) is 24.4 Å². The molecule has 0 atom stereocenters. The van der Waals surface area contributed by atoms with Crippen LogP contribution in [0.25, 0.3) is 0 Å². The Hall–Kier alpha value is -4.13. The van der Waals surface area contributed by atoms with Crippen LogP contribution in [-0.2, 0) is 4.79 Å². The van der Waals surface area contributed by atoms with Crippen molar-refractivity contribution in [1.29, 1.82) is 0 Å². The van der Waals surface area contributed by atoms with Gasteiger partial charge >= 0.3 is 0 Å². The first-order chi connectivity index (χ1) is 15.0. The minimum absolute atomic E-state index is 0.156. The topological polar surface area (TPSA) is 87.7 Å². The fourth-order valence-electron chi connectivity index (χ4n) is 2.96. The molecule has 0 aliphatic rings. The Bertz CT molecular complexity index is 1080. The first-order valence-corrected chi connectivity index (χ1v) is 9.62. The van der Waals surface area contributed by atoms with Crippen molar-refractivity contribution in [2.24, 2.45) is 0 Å². The lowest BCUT2D eigenvalue weighted by molar-refractivity contribution is -0.116. The highest BCUT2D eigenvalue weighted by atomic mass is 16.5. The van der Waals surface area contributed by atoms with Gasteiger partial charge in [-0.25, -0.2) is 0 Å². The summed E-state index contributed by atoms with van der Waals surface area (Å²) in [6, 6.07) is 22.4. The maximum Gasteiger partial charge on any atom is 0.256 e. The van der Waals surface area contributed by atoms with Gasteiger partial charge in [-0.3, -0.25) is 14.4 Å². The highest BCUT2D eigenvalue weighted by Crippen LogP contribution is 2.19. The number of benzene rings is 3. The molecule has 0 radical (unpaired) electrons. The predicted octanol–water partition coefficient (Wildman–Crippen LogP) is 3.66. The number of amides is 3. The number of methoxy groups -OCH3 is 1. The van der Waals surface area contributed by atoms with Crippen molar-refractivity contribution >= 4 is 29.1 Å². The number of hydrogen-bond acceptors (Lipinski definition) is 4. The zero-order valence-corrected chi connectivity index (χ0v) is 17.3. The van der Waals surface area contributed by atoms with Crippen LogP contribution in [0.2, 0.25) is 0 Å². The number of nitrogens with one attached hydrogen (secondary N) is 2. The van der Waals surface area contributed by atoms with Crippen LogP contribution >= 0.6 is 0 Å². The number of para-hydroxylation sites is 1. The van der Waals surface area contributed by atoms with Crippen molar-refractivity contribution in [3.63, 3.8) is 0 Å². The highest BCUT2D eigenvalue weighted by molar-refractivity contribution is 6.09. The number of hydrogen-bond donors (Lipinski definition) is 2. The minimum atomic E-state index is -0.384. The summed E-state index contributed by atoms with van der Waals surface area (Å²) in [7, 11) is 3.07. The number of likely N-dealkylation sites (N-methyl/N-ethyl adjacent to an activating group) is 1. The van der Waals surface area contributed by atoms with Crippen molar-refractivity contribution in [1.82, 2.24) is 4.90 Å². The molecule has 0 aromatic heterocycles. The summed E-state index contributed by atoms with van der Waals surface area (Å²) in [5.41, 5.74) is 1.72. The molecule has 3 amide bonds. The van der Waals surface area contributed by atoms with Gasteiger partial charge in [-0.15, -0.1) is 0 Å². The summed E-state index contributed by atoms with van der Waals surface area (Å²) in [6.07, 6.45) is 0. The third-order valence-corrected chi connectivity index (χ3v) is 4.52. The molecule has 0 aliphatic carbocycles. The van der Waals surface area contributed by atoms with Crippen molar-refractivity contribution in [2.75, 3.05) is 31.3 Å². The fourth-order valence-corrected chi connectivity index (χ4v) is 2.96. The first kappa shape index (κ1) is 21.6. The van der Waals surface area contributed by atoms with E-state index < -0.39 is 0 Å². The Morgan fingerprint density at radius 1 is 0.871 bits per heavy atom. The van der Waals surface area contributed by atoms with Crippen LogP contribution in [0.5, 0.6) is 5.75 Å². The van der Waals surface area contributed by atoms with E-state index in [0.29, 0.717) is 28.3 Å². The summed E-state index contributed by atoms with van der Waals surface area (Å²) >= 11 is 0. The van der Waals surface area contributed by atoms with E-state index in [1.54, 1.807) is 79.9 Å². The molecule has 2 N–H and O–H groups in total. The molecule has 0 heterocycles. The molecular weight excluding hydrogens is 394 g/mol. The molecule has 31 heavy (non-hydrogen) atoms. The van der Waals surface area contributed by atoms with E-state index in [4.69, 9.17) is 4.74 Å². The largest absolute Gasteiger partial charge is 0.497 e. The summed E-state index contributed by atoms with van der Waals surface area (Å²) in [5.74, 6) is -0.441. The molecule has 7 heteroatoms. The Morgan fingerprint density at radius 2 is 1.58 bits per heavy atom. The molecule has 3 aromatic carbocycles. The van der Waals surface area contributed by atoms with Crippen molar-refractivity contribution in [2.45, 2.75) is 0 Å². The van der Waals surface area contributed by atoms with Crippen molar-refractivity contribution in [3.8, 4) is 5.75 Å². The Morgan fingerprint density at radius 3 is 2.32 bits per heavy atom. The molecule has 7 nitrogen and oxygen atoms in total. The summed E-state index contributed by atoms with van der Waals surface area (Å²) in [5, 5.41) is 5.51. The second kappa shape index (κ2) is 10.1. The summed E-state index contributed by atoms with van der Waals surface area (Å²) in [6.45, 7) is -0.156. The van der Waals surface area contributed by atoms with Gasteiger partial charge in [0.15, 0.2) is 0 Å². The lowest BCUT2D eigenvalue weighted by Crippen LogP contribution is -2.35. The SMILES string of the molecule is COc1cccc(NC(=O)CN(C)C(=O)c2ccccc2NC(=O)c2ccccc2)c1. The molecule has 0 saturated heterocycles. The standard InChI is InChI=1S/C24H23N3O4/c1-27(16-22(28)25-18-11-8-12-19(15-18)31-2)24(30)20-13-6-7-14-21(20)26-23(29)17-9-4-3-5-10-17/h3-15H,16H2,1-2H3,(H,25,28)(H,26,29). The van der Waals surface area contributed by atoms with Gasteiger partial charge in [0.25, 0.3) is 11.8 Å². The Labute approximate surface area is 180 Å². The first-order valence-electron chi connectivity index (χ1n) is 9.62. The average Bonchev–Trinajstić information content (AvgIpc) is 2.79. The quantitative estimate of drug-likeness (QED) is 0.614. The molecule has 0 saturated carbocycles. The zero-order chi connectivity index (χ0) is 22.2. The van der Waals surface area contributed by atoms with Crippen molar-refractivity contribution < 1.29 is 19.1 Å². The van der Waals surface area contributed by atoms with Crippen LogP contribution in [0, 0.1) is 0 Å². The minimum Gasteiger partial charge on any atom is -0.497 e. The van der Waals surface area contributed by atoms with E-state index in [0.717, 1.165) is 0 Å². The second-order valence-electron chi connectivity index (χ2n) is 6.81. The molecule has 0 aliphatic heterocycles. The van der Waals surface area contributed by atoms with E-state index >= 15 is 0 Å². The van der Waals surface area contributed by atoms with Gasteiger partial charge in [0.2, 0.25) is 5.91 Å². The molecule has 0 fully saturated rings. The van der Waals surface area contributed by atoms with E-state index in [1.807, 2.05) is 6.07 Å². The van der Waals surface area contributed by atoms with Gasteiger partial charge in [0.1, 0.15) is 5.75 Å². The van der Waals surface area contributed by atoms with Crippen LogP contribution in [0.1, 0.15) is 20.7 Å². The predicted molar refractivity (Wildman–Crippen MR) is 119 cm³/mol. The van der Waals surface area contributed by atoms with Gasteiger partial charge in [-0.1, -0.05) is 36.4 Å².